The first kappa shape index (κ1) is 8.31. The van der Waals surface area contributed by atoms with E-state index in [0.29, 0.717) is 5.56 Å². The molecule has 0 N–H and O–H groups in total. The Morgan fingerprint density at radius 1 is 1.36 bits per heavy atom. The monoisotopic (exact) mass is 184 g/mol. The van der Waals surface area contributed by atoms with Gasteiger partial charge in [-0.15, -0.1) is 0 Å². The summed E-state index contributed by atoms with van der Waals surface area (Å²) in [6, 6.07) is 8.75. The Kier molecular flexibility index (Phi) is 3.14. The first-order valence-corrected chi connectivity index (χ1v) is 4.76. The van der Waals surface area contributed by atoms with Gasteiger partial charge in [0.1, 0.15) is 0 Å². The molecule has 0 aliphatic heterocycles. The van der Waals surface area contributed by atoms with Crippen molar-refractivity contribution < 1.29 is 9.32 Å². The molecule has 0 heterocycles. The molecular weight excluding hydrogens is 179 g/mol. The molecule has 2 nitrogen and oxygen atoms in total. The fraction of sp³-hybridized carbons (Fsp3) is 0. The minimum atomic E-state index is -0.373. The van der Waals surface area contributed by atoms with E-state index in [1.54, 1.807) is 24.3 Å². The van der Waals surface area contributed by atoms with Crippen molar-refractivity contribution in [2.24, 2.45) is 0 Å². The lowest BCUT2D eigenvalue weighted by molar-refractivity contribution is 0.0765. The van der Waals surface area contributed by atoms with Crippen molar-refractivity contribution in [3.63, 3.8) is 0 Å². The van der Waals surface area contributed by atoms with Gasteiger partial charge in [-0.2, -0.15) is 0 Å². The van der Waals surface area contributed by atoms with E-state index in [0.717, 1.165) is 0 Å². The highest BCUT2D eigenvalue weighted by molar-refractivity contribution is 7.94. The minimum Gasteiger partial charge on any atom is -0.392 e. The zero-order chi connectivity index (χ0) is 8.10. The first-order valence-electron chi connectivity index (χ1n) is 2.93. The van der Waals surface area contributed by atoms with E-state index < -0.39 is 0 Å². The van der Waals surface area contributed by atoms with Crippen molar-refractivity contribution >= 4 is 25.4 Å². The van der Waals surface area contributed by atoms with E-state index in [1.165, 1.54) is 0 Å². The molecule has 0 spiro atoms. The Morgan fingerprint density at radius 2 is 2.00 bits per heavy atom. The van der Waals surface area contributed by atoms with Crippen LogP contribution < -0.4 is 0 Å². The van der Waals surface area contributed by atoms with Gasteiger partial charge in [0.05, 0.1) is 5.56 Å². The van der Waals surface area contributed by atoms with Crippen molar-refractivity contribution in [2.45, 2.75) is 0 Å². The molecule has 56 valence electrons. The molecule has 1 rings (SSSR count). The summed E-state index contributed by atoms with van der Waals surface area (Å²) in [6.07, 6.45) is 0. The summed E-state index contributed by atoms with van der Waals surface area (Å²) in [6.45, 7) is 0. The standard InChI is InChI=1S/C7H5O2PS/c8-7(9-10-11)6-4-2-1-3-5-6/h1-5H. The smallest absolute Gasteiger partial charge is 0.347 e. The summed E-state index contributed by atoms with van der Waals surface area (Å²) in [4.78, 5) is 10.9. The number of carbonyl (C=O) groups is 1. The van der Waals surface area contributed by atoms with Crippen LogP contribution in [0.5, 0.6) is 0 Å². The van der Waals surface area contributed by atoms with Crippen LogP contribution >= 0.6 is 7.58 Å². The van der Waals surface area contributed by atoms with E-state index in [4.69, 9.17) is 0 Å². The predicted molar refractivity (Wildman–Crippen MR) is 46.1 cm³/mol. The van der Waals surface area contributed by atoms with E-state index >= 15 is 0 Å². The molecule has 4 heteroatoms. The lowest BCUT2D eigenvalue weighted by atomic mass is 10.2. The summed E-state index contributed by atoms with van der Waals surface area (Å²) >= 11 is 4.46. The summed E-state index contributed by atoms with van der Waals surface area (Å²) in [5.41, 5.74) is 0.532. The normalized spacial score (nSPS) is 9.45. The summed E-state index contributed by atoms with van der Waals surface area (Å²) in [7, 11) is 0.218. The average molecular weight is 184 g/mol. The van der Waals surface area contributed by atoms with Crippen LogP contribution in [0.1, 0.15) is 10.4 Å². The van der Waals surface area contributed by atoms with Crippen molar-refractivity contribution in [1.82, 2.24) is 0 Å². The van der Waals surface area contributed by atoms with Gasteiger partial charge in [0.15, 0.2) is 0 Å². The van der Waals surface area contributed by atoms with Crippen LogP contribution in [0.2, 0.25) is 0 Å². The second kappa shape index (κ2) is 4.16. The largest absolute Gasteiger partial charge is 0.392 e. The topological polar surface area (TPSA) is 26.3 Å². The van der Waals surface area contributed by atoms with E-state index in [-0.39, 0.29) is 13.6 Å². The van der Waals surface area contributed by atoms with Gasteiger partial charge in [-0.1, -0.05) is 18.2 Å². The lowest BCUT2D eigenvalue weighted by Gasteiger charge is -1.94. The maximum Gasteiger partial charge on any atom is 0.347 e. The van der Waals surface area contributed by atoms with Gasteiger partial charge in [0.2, 0.25) is 7.58 Å². The quantitative estimate of drug-likeness (QED) is 0.659. The molecule has 0 atom stereocenters. The van der Waals surface area contributed by atoms with Crippen LogP contribution in [0.25, 0.3) is 0 Å². The van der Waals surface area contributed by atoms with Crippen LogP contribution in [0.4, 0.5) is 0 Å². The van der Waals surface area contributed by atoms with Crippen LogP contribution in [-0.4, -0.2) is 5.97 Å². The molecule has 11 heavy (non-hydrogen) atoms. The maximum atomic E-state index is 10.9. The highest BCUT2D eigenvalue weighted by atomic mass is 32.4. The SMILES string of the molecule is O=C(OP=S)c1ccccc1. The van der Waals surface area contributed by atoms with Crippen LogP contribution in [0.15, 0.2) is 30.3 Å². The molecule has 1 aromatic carbocycles. The number of hydrogen-bond acceptors (Lipinski definition) is 3. The fourth-order valence-electron chi connectivity index (χ4n) is 0.661. The highest BCUT2D eigenvalue weighted by Gasteiger charge is 2.02. The second-order valence-corrected chi connectivity index (χ2v) is 2.60. The van der Waals surface area contributed by atoms with E-state index in [1.807, 2.05) is 6.07 Å². The third kappa shape index (κ3) is 2.37. The van der Waals surface area contributed by atoms with Crippen molar-refractivity contribution in [3.05, 3.63) is 35.9 Å². The Labute approximate surface area is 71.1 Å². The summed E-state index contributed by atoms with van der Waals surface area (Å²) in [5.74, 6) is -0.373. The van der Waals surface area contributed by atoms with E-state index in [2.05, 4.69) is 16.3 Å². The van der Waals surface area contributed by atoms with Gasteiger partial charge in [-0.25, -0.2) is 4.79 Å². The highest BCUT2D eigenvalue weighted by Crippen LogP contribution is 2.05. The van der Waals surface area contributed by atoms with Crippen LogP contribution in [0.3, 0.4) is 0 Å². The van der Waals surface area contributed by atoms with Gasteiger partial charge < -0.3 is 4.52 Å². The van der Waals surface area contributed by atoms with Crippen molar-refractivity contribution in [3.8, 4) is 0 Å². The molecular formula is C7H5O2PS. The molecule has 0 saturated carbocycles. The van der Waals surface area contributed by atoms with Crippen molar-refractivity contribution in [1.29, 1.82) is 0 Å². The third-order valence-electron chi connectivity index (χ3n) is 1.13. The molecule has 0 saturated heterocycles. The number of hydrogen-bond donors (Lipinski definition) is 0. The van der Waals surface area contributed by atoms with Gasteiger partial charge in [0, 0.05) is 0 Å². The third-order valence-corrected chi connectivity index (χ3v) is 1.59. The first-order chi connectivity index (χ1) is 5.34. The fourth-order valence-corrected chi connectivity index (χ4v) is 1.04. The zero-order valence-corrected chi connectivity index (χ0v) is 7.27. The summed E-state index contributed by atoms with van der Waals surface area (Å²) < 4.78 is 4.58. The van der Waals surface area contributed by atoms with Crippen LogP contribution in [-0.2, 0) is 16.3 Å². The van der Waals surface area contributed by atoms with Crippen LogP contribution in [0, 0.1) is 0 Å². The second-order valence-electron chi connectivity index (χ2n) is 1.82. The number of rotatable bonds is 2. The molecule has 0 radical (unpaired) electrons. The Balaban J connectivity index is 2.77. The van der Waals surface area contributed by atoms with Gasteiger partial charge in [-0.05, 0) is 23.9 Å². The van der Waals surface area contributed by atoms with Gasteiger partial charge >= 0.3 is 5.97 Å². The minimum absolute atomic E-state index is 0.218. The molecule has 0 amide bonds. The Bertz CT molecular complexity index is 260. The zero-order valence-electron chi connectivity index (χ0n) is 5.56. The lowest BCUT2D eigenvalue weighted by Crippen LogP contribution is -1.96. The molecule has 0 unspecified atom stereocenters. The molecule has 0 fully saturated rings. The number of benzene rings is 1. The Morgan fingerprint density at radius 3 is 2.55 bits per heavy atom. The average Bonchev–Trinajstić information content (AvgIpc) is 2.07. The maximum absolute atomic E-state index is 10.9. The van der Waals surface area contributed by atoms with E-state index in [9.17, 15) is 4.79 Å². The molecule has 0 bridgehead atoms. The molecule has 0 aliphatic carbocycles. The van der Waals surface area contributed by atoms with Gasteiger partial charge in [-0.3, -0.25) is 0 Å². The van der Waals surface area contributed by atoms with Crippen molar-refractivity contribution in [2.75, 3.05) is 0 Å². The Hall–Kier alpha value is -0.790. The molecule has 0 aliphatic rings. The number of carbonyl (C=O) groups excluding carboxylic acids is 1. The molecule has 0 aromatic heterocycles. The van der Waals surface area contributed by atoms with Gasteiger partial charge in [0.25, 0.3) is 0 Å². The predicted octanol–water partition coefficient (Wildman–Crippen LogP) is 2.17. The summed E-state index contributed by atoms with van der Waals surface area (Å²) in [5, 5.41) is 0. The molecule has 1 aromatic rings.